The van der Waals surface area contributed by atoms with Gasteiger partial charge in [-0.25, -0.2) is 0 Å². The Bertz CT molecular complexity index is 587. The zero-order valence-electron chi connectivity index (χ0n) is 16.1. The second kappa shape index (κ2) is 12.9. The average molecular weight is 420 g/mol. The van der Waals surface area contributed by atoms with Crippen molar-refractivity contribution in [2.45, 2.75) is 57.3 Å². The number of nitrogens with one attached hydrogen (secondary N) is 3. The summed E-state index contributed by atoms with van der Waals surface area (Å²) in [6, 6.07) is -4.30. The summed E-state index contributed by atoms with van der Waals surface area (Å²) in [7, 11) is 0. The van der Waals surface area contributed by atoms with Crippen LogP contribution in [0.1, 0.15) is 33.1 Å². The van der Waals surface area contributed by atoms with Gasteiger partial charge >= 0.3 is 11.9 Å². The molecule has 0 unspecified atom stereocenters. The van der Waals surface area contributed by atoms with Crippen molar-refractivity contribution < 1.29 is 34.2 Å². The minimum Gasteiger partial charge on any atom is -0.481 e. The molecule has 0 bridgehead atoms. The Hall–Kier alpha value is -2.34. The molecule has 0 heterocycles. The summed E-state index contributed by atoms with van der Waals surface area (Å²) in [5.74, 6) is -3.87. The first kappa shape index (κ1) is 25.7. The maximum Gasteiger partial charge on any atom is 0.325 e. The van der Waals surface area contributed by atoms with Crippen LogP contribution in [0.2, 0.25) is 0 Å². The zero-order chi connectivity index (χ0) is 21.9. The zero-order valence-corrected chi connectivity index (χ0v) is 16.9. The van der Waals surface area contributed by atoms with Crippen LogP contribution in [0.15, 0.2) is 0 Å². The number of carbonyl (C=O) groups excluding carboxylic acids is 3. The Kier molecular flexibility index (Phi) is 11.9. The average Bonchev–Trinajstić information content (AvgIpc) is 2.61. The van der Waals surface area contributed by atoms with E-state index in [2.05, 4.69) is 16.0 Å². The molecule has 7 N–H and O–H groups in total. The van der Waals surface area contributed by atoms with Crippen LogP contribution in [0, 0.1) is 0 Å². The van der Waals surface area contributed by atoms with Gasteiger partial charge in [-0.15, -0.1) is 0 Å². The molecule has 0 aliphatic carbocycles. The molecule has 160 valence electrons. The fraction of sp³-hybridized carbons (Fsp3) is 0.688. The van der Waals surface area contributed by atoms with Crippen LogP contribution in [0.25, 0.3) is 0 Å². The number of carbonyl (C=O) groups is 5. The summed E-state index contributed by atoms with van der Waals surface area (Å²) in [4.78, 5) is 58.1. The summed E-state index contributed by atoms with van der Waals surface area (Å²) < 4.78 is 0. The van der Waals surface area contributed by atoms with Crippen LogP contribution in [0.5, 0.6) is 0 Å². The molecule has 0 rings (SSSR count). The minimum absolute atomic E-state index is 0.243. The molecule has 28 heavy (non-hydrogen) atoms. The Balaban J connectivity index is 4.91. The minimum atomic E-state index is -1.28. The van der Waals surface area contributed by atoms with E-state index in [0.29, 0.717) is 12.2 Å². The van der Waals surface area contributed by atoms with E-state index < -0.39 is 60.2 Å². The van der Waals surface area contributed by atoms with Crippen molar-refractivity contribution >= 4 is 41.4 Å². The van der Waals surface area contributed by atoms with Crippen LogP contribution >= 0.6 is 11.8 Å². The van der Waals surface area contributed by atoms with Crippen LogP contribution in [-0.2, 0) is 24.0 Å². The molecule has 0 saturated heterocycles. The highest BCUT2D eigenvalue weighted by Crippen LogP contribution is 2.02. The molecule has 0 aliphatic heterocycles. The molecule has 12 heteroatoms. The Labute approximate surface area is 167 Å². The molecule has 0 aromatic carbocycles. The Morgan fingerprint density at radius 2 is 1.46 bits per heavy atom. The fourth-order valence-corrected chi connectivity index (χ4v) is 2.46. The first-order valence-electron chi connectivity index (χ1n) is 8.59. The highest BCUT2D eigenvalue weighted by atomic mass is 32.2. The number of carboxylic acid groups (broad SMARTS) is 2. The van der Waals surface area contributed by atoms with Gasteiger partial charge in [0, 0.05) is 6.42 Å². The van der Waals surface area contributed by atoms with Crippen molar-refractivity contribution in [3.05, 3.63) is 0 Å². The van der Waals surface area contributed by atoms with Gasteiger partial charge < -0.3 is 31.9 Å². The monoisotopic (exact) mass is 420 g/mol. The lowest BCUT2D eigenvalue weighted by molar-refractivity contribution is -0.142. The molecule has 0 spiro atoms. The predicted octanol–water partition coefficient (Wildman–Crippen LogP) is -1.49. The number of thioether (sulfide) groups is 1. The first-order valence-corrected chi connectivity index (χ1v) is 9.99. The maximum atomic E-state index is 12.3. The van der Waals surface area contributed by atoms with E-state index in [1.165, 1.54) is 25.6 Å². The van der Waals surface area contributed by atoms with E-state index in [0.717, 1.165) is 0 Å². The number of aliphatic carboxylic acids is 2. The molecule has 0 fully saturated rings. The third-order valence-electron chi connectivity index (χ3n) is 3.73. The quantitative estimate of drug-likeness (QED) is 0.206. The van der Waals surface area contributed by atoms with Gasteiger partial charge in [0.1, 0.15) is 18.1 Å². The van der Waals surface area contributed by atoms with Crippen molar-refractivity contribution in [2.24, 2.45) is 5.73 Å². The van der Waals surface area contributed by atoms with E-state index >= 15 is 0 Å². The lowest BCUT2D eigenvalue weighted by Gasteiger charge is -2.22. The van der Waals surface area contributed by atoms with Gasteiger partial charge in [-0.1, -0.05) is 0 Å². The van der Waals surface area contributed by atoms with Gasteiger partial charge in [-0.05, 0) is 38.7 Å². The SMILES string of the molecule is CSCC[C@H](N)C(=O)N[C@@H](C)C(=O)N[C@@H](CCC(=O)O)C(=O)N[C@@H](C)C(=O)O. The summed E-state index contributed by atoms with van der Waals surface area (Å²) in [6.07, 6.45) is 1.64. The van der Waals surface area contributed by atoms with Crippen LogP contribution < -0.4 is 21.7 Å². The maximum absolute atomic E-state index is 12.3. The Morgan fingerprint density at radius 3 is 1.96 bits per heavy atom. The number of carboxylic acids is 2. The molecule has 3 amide bonds. The molecule has 0 aromatic rings. The third-order valence-corrected chi connectivity index (χ3v) is 4.37. The van der Waals surface area contributed by atoms with Gasteiger partial charge in [0.15, 0.2) is 0 Å². The van der Waals surface area contributed by atoms with Crippen LogP contribution in [-0.4, -0.2) is 76.0 Å². The molecule has 4 atom stereocenters. The highest BCUT2D eigenvalue weighted by molar-refractivity contribution is 7.98. The molecule has 0 aromatic heterocycles. The van der Waals surface area contributed by atoms with Gasteiger partial charge in [0.05, 0.1) is 6.04 Å². The summed E-state index contributed by atoms with van der Waals surface area (Å²) >= 11 is 1.53. The van der Waals surface area contributed by atoms with Crippen LogP contribution in [0.3, 0.4) is 0 Å². The summed E-state index contributed by atoms with van der Waals surface area (Å²) in [5.41, 5.74) is 5.72. The Morgan fingerprint density at radius 1 is 0.893 bits per heavy atom. The van der Waals surface area contributed by atoms with Gasteiger partial charge in [0.2, 0.25) is 17.7 Å². The van der Waals surface area contributed by atoms with Gasteiger partial charge in [0.25, 0.3) is 0 Å². The topological polar surface area (TPSA) is 188 Å². The standard InChI is InChI=1S/C16H28N4O7S/c1-8(18-14(24)10(17)6-7-28-3)13(23)20-11(4-5-12(21)22)15(25)19-9(2)16(26)27/h8-11H,4-7,17H2,1-3H3,(H,18,24)(H,19,25)(H,20,23)(H,21,22)(H,26,27)/t8-,9-,10-,11-/m0/s1. The number of nitrogens with two attached hydrogens (primary N) is 1. The summed E-state index contributed by atoms with van der Waals surface area (Å²) in [5, 5.41) is 24.6. The fourth-order valence-electron chi connectivity index (χ4n) is 1.97. The van der Waals surface area contributed by atoms with Crippen molar-refractivity contribution in [3.8, 4) is 0 Å². The van der Waals surface area contributed by atoms with Crippen molar-refractivity contribution in [3.63, 3.8) is 0 Å². The number of amides is 3. The lowest BCUT2D eigenvalue weighted by Crippen LogP contribution is -2.56. The molecule has 0 aliphatic rings. The number of hydrogen-bond donors (Lipinski definition) is 6. The van der Waals surface area contributed by atoms with Crippen molar-refractivity contribution in [1.29, 1.82) is 0 Å². The second-order valence-corrected chi connectivity index (χ2v) is 7.17. The van der Waals surface area contributed by atoms with Crippen LogP contribution in [0.4, 0.5) is 0 Å². The van der Waals surface area contributed by atoms with Gasteiger partial charge in [-0.2, -0.15) is 11.8 Å². The molecular formula is C16H28N4O7S. The summed E-state index contributed by atoms with van der Waals surface area (Å²) in [6.45, 7) is 2.62. The van der Waals surface area contributed by atoms with Crippen molar-refractivity contribution in [2.75, 3.05) is 12.0 Å². The van der Waals surface area contributed by atoms with E-state index in [1.807, 2.05) is 6.26 Å². The molecular weight excluding hydrogens is 392 g/mol. The highest BCUT2D eigenvalue weighted by Gasteiger charge is 2.27. The molecule has 0 saturated carbocycles. The lowest BCUT2D eigenvalue weighted by atomic mass is 10.1. The van der Waals surface area contributed by atoms with E-state index in [-0.39, 0.29) is 6.42 Å². The van der Waals surface area contributed by atoms with E-state index in [1.54, 1.807) is 0 Å². The predicted molar refractivity (Wildman–Crippen MR) is 103 cm³/mol. The molecule has 0 radical (unpaired) electrons. The van der Waals surface area contributed by atoms with Gasteiger partial charge in [-0.3, -0.25) is 24.0 Å². The number of rotatable bonds is 13. The van der Waals surface area contributed by atoms with Crippen molar-refractivity contribution in [1.82, 2.24) is 16.0 Å². The smallest absolute Gasteiger partial charge is 0.325 e. The third kappa shape index (κ3) is 10.1. The second-order valence-electron chi connectivity index (χ2n) is 6.18. The molecule has 11 nitrogen and oxygen atoms in total. The van der Waals surface area contributed by atoms with E-state index in [4.69, 9.17) is 15.9 Å². The number of hydrogen-bond acceptors (Lipinski definition) is 7. The normalized spacial score (nSPS) is 14.9. The largest absolute Gasteiger partial charge is 0.481 e. The van der Waals surface area contributed by atoms with E-state index in [9.17, 15) is 24.0 Å². The first-order chi connectivity index (χ1) is 13.0.